The zero-order valence-electron chi connectivity index (χ0n) is 30.5. The van der Waals surface area contributed by atoms with Gasteiger partial charge in [-0.2, -0.15) is 0 Å². The maximum Gasteiger partial charge on any atom is 0.164 e. The molecular weight excluding hydrogens is 697 g/mol. The Morgan fingerprint density at radius 1 is 0.316 bits per heavy atom. The van der Waals surface area contributed by atoms with E-state index in [0.717, 1.165) is 77.0 Å². The average molecular weight is 727 g/mol. The van der Waals surface area contributed by atoms with Crippen LogP contribution in [0.4, 0.5) is 0 Å². The molecule has 0 amide bonds. The van der Waals surface area contributed by atoms with Crippen molar-refractivity contribution in [1.82, 2.24) is 19.9 Å². The quantitative estimate of drug-likeness (QED) is 0.177. The zero-order valence-corrected chi connectivity index (χ0v) is 30.5. The molecule has 0 saturated heterocycles. The van der Waals surface area contributed by atoms with Crippen molar-refractivity contribution < 1.29 is 4.42 Å². The summed E-state index contributed by atoms with van der Waals surface area (Å²) in [4.78, 5) is 20.0. The lowest BCUT2D eigenvalue weighted by atomic mass is 9.92. The second-order valence-corrected chi connectivity index (χ2v) is 14.6. The fraction of sp³-hybridized carbons (Fsp3) is 0. The Balaban J connectivity index is 1.01. The number of fused-ring (bicyclic) bond motifs is 7. The minimum atomic E-state index is 0.618. The van der Waals surface area contributed by atoms with Crippen LogP contribution in [0, 0.1) is 0 Å². The number of pyridine rings is 1. The molecule has 57 heavy (non-hydrogen) atoms. The molecule has 8 aromatic carbocycles. The number of rotatable bonds is 5. The van der Waals surface area contributed by atoms with Gasteiger partial charge in [-0.25, -0.2) is 15.0 Å². The molecule has 0 spiro atoms. The van der Waals surface area contributed by atoms with Gasteiger partial charge in [0.15, 0.2) is 17.5 Å². The van der Waals surface area contributed by atoms with Crippen LogP contribution < -0.4 is 0 Å². The highest BCUT2D eigenvalue weighted by Gasteiger charge is 2.23. The highest BCUT2D eigenvalue weighted by atomic mass is 16.3. The lowest BCUT2D eigenvalue weighted by Gasteiger charge is -2.14. The van der Waals surface area contributed by atoms with E-state index in [1.165, 1.54) is 27.6 Å². The highest BCUT2D eigenvalue weighted by molar-refractivity contribution is 6.17. The summed E-state index contributed by atoms with van der Waals surface area (Å²) in [6.45, 7) is 0. The number of aromatic nitrogens is 4. The summed E-state index contributed by atoms with van der Waals surface area (Å²) in [6.07, 6.45) is 3.94. The maximum absolute atomic E-state index is 6.28. The van der Waals surface area contributed by atoms with E-state index >= 15 is 0 Å². The van der Waals surface area contributed by atoms with E-state index < -0.39 is 0 Å². The van der Waals surface area contributed by atoms with Gasteiger partial charge in [0.1, 0.15) is 11.2 Å². The molecule has 0 unspecified atom stereocenters. The summed E-state index contributed by atoms with van der Waals surface area (Å²) in [5.74, 6) is 1.87. The van der Waals surface area contributed by atoms with Crippen molar-refractivity contribution in [3.63, 3.8) is 0 Å². The van der Waals surface area contributed by atoms with Crippen molar-refractivity contribution in [2.75, 3.05) is 0 Å². The van der Waals surface area contributed by atoms with Crippen molar-refractivity contribution in [2.24, 2.45) is 0 Å². The van der Waals surface area contributed by atoms with Gasteiger partial charge in [-0.1, -0.05) is 140 Å². The first-order chi connectivity index (χ1) is 28.2. The second-order valence-electron chi connectivity index (χ2n) is 14.6. The number of furan rings is 1. The van der Waals surface area contributed by atoms with Gasteiger partial charge < -0.3 is 4.42 Å². The molecule has 5 nitrogen and oxygen atoms in total. The number of nitrogens with zero attached hydrogens (tertiary/aromatic N) is 4. The van der Waals surface area contributed by atoms with E-state index in [2.05, 4.69) is 138 Å². The molecule has 12 rings (SSSR count). The van der Waals surface area contributed by atoms with Crippen molar-refractivity contribution >= 4 is 43.5 Å². The Labute approximate surface area is 327 Å². The van der Waals surface area contributed by atoms with E-state index in [0.29, 0.717) is 17.5 Å². The Kier molecular flexibility index (Phi) is 6.86. The average Bonchev–Trinajstić information content (AvgIpc) is 3.83. The minimum absolute atomic E-state index is 0.618. The van der Waals surface area contributed by atoms with E-state index in [4.69, 9.17) is 19.4 Å². The summed E-state index contributed by atoms with van der Waals surface area (Å²) >= 11 is 0. The van der Waals surface area contributed by atoms with Crippen LogP contribution in [0.1, 0.15) is 0 Å². The van der Waals surface area contributed by atoms with Crippen molar-refractivity contribution in [2.45, 2.75) is 0 Å². The molecule has 3 heterocycles. The van der Waals surface area contributed by atoms with Crippen LogP contribution in [-0.4, -0.2) is 19.9 Å². The molecule has 0 radical (unpaired) electrons. The Hall–Kier alpha value is -7.76. The number of para-hydroxylation sites is 1. The van der Waals surface area contributed by atoms with E-state index in [9.17, 15) is 0 Å². The van der Waals surface area contributed by atoms with E-state index in [1.54, 1.807) is 0 Å². The molecule has 0 aliphatic heterocycles. The SMILES string of the molecule is c1ccc(-c2nc(-c3cccc(-c4ccc5c(c4)-c4cccc6cncc-5c46)c3)nc(-c3ccc(-c4cccc5oc6ccccc6c45)c4ccccc34)n2)cc1. The molecule has 11 aromatic rings. The van der Waals surface area contributed by atoms with Gasteiger partial charge in [-0.05, 0) is 80.0 Å². The van der Waals surface area contributed by atoms with Crippen molar-refractivity contribution in [3.8, 4) is 78.7 Å². The minimum Gasteiger partial charge on any atom is -0.456 e. The van der Waals surface area contributed by atoms with Gasteiger partial charge in [0.05, 0.1) is 0 Å². The summed E-state index contributed by atoms with van der Waals surface area (Å²) in [5, 5.41) is 6.83. The smallest absolute Gasteiger partial charge is 0.164 e. The van der Waals surface area contributed by atoms with Gasteiger partial charge >= 0.3 is 0 Å². The summed E-state index contributed by atoms with van der Waals surface area (Å²) in [7, 11) is 0. The predicted molar refractivity (Wildman–Crippen MR) is 232 cm³/mol. The van der Waals surface area contributed by atoms with Crippen LogP contribution in [0.15, 0.2) is 187 Å². The molecule has 1 aliphatic carbocycles. The fourth-order valence-electron chi connectivity index (χ4n) is 8.75. The topological polar surface area (TPSA) is 64.7 Å². The van der Waals surface area contributed by atoms with Crippen LogP contribution in [-0.2, 0) is 0 Å². The zero-order chi connectivity index (χ0) is 37.5. The number of hydrogen-bond donors (Lipinski definition) is 0. The molecule has 0 atom stereocenters. The molecule has 0 fully saturated rings. The van der Waals surface area contributed by atoms with Crippen molar-refractivity contribution in [3.05, 3.63) is 182 Å². The molecule has 0 bridgehead atoms. The predicted octanol–water partition coefficient (Wildman–Crippen LogP) is 13.5. The second kappa shape index (κ2) is 12.4. The largest absolute Gasteiger partial charge is 0.456 e. The molecule has 0 saturated carbocycles. The standard InChI is InChI=1S/C52H30N4O/c1-2-11-31(12-3-1)50-54-51(34-14-8-13-32(27-34)33-23-24-39-44(28-33)41-19-9-15-35-29-53-30-45(39)48(35)41)56-52(55-50)42-26-25-38(36-16-4-5-17-37(36)42)40-20-10-22-47-49(40)43-18-6-7-21-46(43)57-47/h1-30H. The van der Waals surface area contributed by atoms with Crippen LogP contribution in [0.25, 0.3) is 122 Å². The summed E-state index contributed by atoms with van der Waals surface area (Å²) in [5.41, 5.74) is 13.9. The normalized spacial score (nSPS) is 11.9. The van der Waals surface area contributed by atoms with E-state index in [-0.39, 0.29) is 0 Å². The van der Waals surface area contributed by atoms with Crippen LogP contribution in [0.3, 0.4) is 0 Å². The third-order valence-electron chi connectivity index (χ3n) is 11.4. The van der Waals surface area contributed by atoms with Gasteiger partial charge in [-0.15, -0.1) is 0 Å². The summed E-state index contributed by atoms with van der Waals surface area (Å²) in [6, 6.07) is 59.3. The van der Waals surface area contributed by atoms with Crippen LogP contribution >= 0.6 is 0 Å². The first kappa shape index (κ1) is 31.6. The van der Waals surface area contributed by atoms with Gasteiger partial charge in [0.25, 0.3) is 0 Å². The third-order valence-corrected chi connectivity index (χ3v) is 11.4. The molecule has 3 aromatic heterocycles. The third kappa shape index (κ3) is 4.96. The fourth-order valence-corrected chi connectivity index (χ4v) is 8.75. The van der Waals surface area contributed by atoms with Crippen molar-refractivity contribution in [1.29, 1.82) is 0 Å². The van der Waals surface area contributed by atoms with Gasteiger partial charge in [0, 0.05) is 56.2 Å². The lowest BCUT2D eigenvalue weighted by molar-refractivity contribution is 0.669. The molecule has 1 aliphatic rings. The van der Waals surface area contributed by atoms with Gasteiger partial charge in [0.2, 0.25) is 0 Å². The number of benzene rings is 8. The highest BCUT2D eigenvalue weighted by Crippen LogP contribution is 2.48. The molecule has 0 N–H and O–H groups in total. The van der Waals surface area contributed by atoms with Crippen LogP contribution in [0.5, 0.6) is 0 Å². The molecule has 5 heteroatoms. The van der Waals surface area contributed by atoms with E-state index in [1.807, 2.05) is 48.8 Å². The Morgan fingerprint density at radius 3 is 1.81 bits per heavy atom. The lowest BCUT2D eigenvalue weighted by Crippen LogP contribution is -2.01. The molecule has 264 valence electrons. The Bertz CT molecular complexity index is 3420. The molecular formula is C52H30N4O. The maximum atomic E-state index is 6.28. The monoisotopic (exact) mass is 726 g/mol. The number of hydrogen-bond acceptors (Lipinski definition) is 5. The first-order valence-corrected chi connectivity index (χ1v) is 19.1. The van der Waals surface area contributed by atoms with Crippen LogP contribution in [0.2, 0.25) is 0 Å². The summed E-state index contributed by atoms with van der Waals surface area (Å²) < 4.78 is 6.28. The Morgan fingerprint density at radius 2 is 0.930 bits per heavy atom. The van der Waals surface area contributed by atoms with Gasteiger partial charge in [-0.3, -0.25) is 4.98 Å². The first-order valence-electron chi connectivity index (χ1n) is 19.1.